The van der Waals surface area contributed by atoms with Crippen LogP contribution in [0.5, 0.6) is 17.2 Å². The lowest BCUT2D eigenvalue weighted by atomic mass is 10.2. The van der Waals surface area contributed by atoms with Crippen molar-refractivity contribution in [3.63, 3.8) is 0 Å². The van der Waals surface area contributed by atoms with E-state index < -0.39 is 29.6 Å². The maximum atomic E-state index is 12.8. The molecular weight excluding hydrogens is 476 g/mol. The van der Waals surface area contributed by atoms with Gasteiger partial charge in [-0.1, -0.05) is 18.2 Å². The van der Waals surface area contributed by atoms with Crippen LogP contribution in [0.4, 0.5) is 10.5 Å². The number of benzene rings is 2. The molecule has 2 aromatic rings. The molecular formula is C24H24N2O8S. The zero-order valence-electron chi connectivity index (χ0n) is 19.4. The van der Waals surface area contributed by atoms with E-state index in [1.807, 2.05) is 0 Å². The lowest BCUT2D eigenvalue weighted by Gasteiger charge is -2.14. The standard InChI is InChI=1S/C24H24N2O8S/c1-4-33-22(28)14-34-19-11-15(9-10-18(19)32-3)12-20-23(29)26(24(30)35-20)13-21(27)25-16-7-5-6-8-17(16)31-2/h5-12H,4,13-14H2,1-3H3,(H,25,27)/b20-12-. The van der Waals surface area contributed by atoms with Crippen LogP contribution >= 0.6 is 11.8 Å². The highest BCUT2D eigenvalue weighted by molar-refractivity contribution is 8.18. The molecule has 0 bridgehead atoms. The summed E-state index contributed by atoms with van der Waals surface area (Å²) in [5, 5.41) is 2.07. The molecule has 0 saturated carbocycles. The predicted octanol–water partition coefficient (Wildman–Crippen LogP) is 3.32. The number of nitrogens with zero attached hydrogens (tertiary/aromatic N) is 1. The smallest absolute Gasteiger partial charge is 0.344 e. The van der Waals surface area contributed by atoms with Gasteiger partial charge in [0, 0.05) is 0 Å². The number of imide groups is 1. The molecule has 0 spiro atoms. The van der Waals surface area contributed by atoms with Crippen LogP contribution in [0.1, 0.15) is 12.5 Å². The highest BCUT2D eigenvalue weighted by Crippen LogP contribution is 2.34. The summed E-state index contributed by atoms with van der Waals surface area (Å²) in [5.41, 5.74) is 0.963. The molecule has 3 rings (SSSR count). The maximum absolute atomic E-state index is 12.8. The first-order valence-electron chi connectivity index (χ1n) is 10.5. The van der Waals surface area contributed by atoms with Crippen molar-refractivity contribution in [1.82, 2.24) is 4.90 Å². The molecule has 1 fully saturated rings. The number of amides is 3. The Balaban J connectivity index is 1.71. The lowest BCUT2D eigenvalue weighted by Crippen LogP contribution is -2.36. The van der Waals surface area contributed by atoms with Crippen molar-refractivity contribution in [3.8, 4) is 17.2 Å². The Morgan fingerprint density at radius 1 is 1.03 bits per heavy atom. The van der Waals surface area contributed by atoms with Crippen LogP contribution < -0.4 is 19.5 Å². The van der Waals surface area contributed by atoms with Gasteiger partial charge in [-0.3, -0.25) is 19.3 Å². The van der Waals surface area contributed by atoms with Gasteiger partial charge in [0.1, 0.15) is 12.3 Å². The topological polar surface area (TPSA) is 120 Å². The molecule has 10 nitrogen and oxygen atoms in total. The summed E-state index contributed by atoms with van der Waals surface area (Å²) in [7, 11) is 2.92. The summed E-state index contributed by atoms with van der Waals surface area (Å²) in [6, 6.07) is 11.6. The highest BCUT2D eigenvalue weighted by atomic mass is 32.2. The SMILES string of the molecule is CCOC(=O)COc1cc(/C=C2\SC(=O)N(CC(=O)Nc3ccccc3OC)C2=O)ccc1OC. The van der Waals surface area contributed by atoms with Crippen molar-refractivity contribution in [3.05, 3.63) is 52.9 Å². The Bertz CT molecular complexity index is 1160. The predicted molar refractivity (Wildman–Crippen MR) is 129 cm³/mol. The Morgan fingerprint density at radius 3 is 2.49 bits per heavy atom. The molecule has 184 valence electrons. The van der Waals surface area contributed by atoms with E-state index in [0.29, 0.717) is 22.7 Å². The van der Waals surface area contributed by atoms with Crippen molar-refractivity contribution in [1.29, 1.82) is 0 Å². The Labute approximate surface area is 206 Å². The quantitative estimate of drug-likeness (QED) is 0.387. The minimum atomic E-state index is -0.597. The number of para-hydroxylation sites is 2. The van der Waals surface area contributed by atoms with Crippen LogP contribution in [0.15, 0.2) is 47.4 Å². The second-order valence-electron chi connectivity index (χ2n) is 7.02. The molecule has 1 saturated heterocycles. The van der Waals surface area contributed by atoms with Crippen LogP contribution in [-0.4, -0.2) is 61.9 Å². The van der Waals surface area contributed by atoms with E-state index >= 15 is 0 Å². The maximum Gasteiger partial charge on any atom is 0.344 e. The minimum absolute atomic E-state index is 0.140. The van der Waals surface area contributed by atoms with E-state index in [2.05, 4.69) is 5.32 Å². The molecule has 0 unspecified atom stereocenters. The van der Waals surface area contributed by atoms with Crippen LogP contribution in [0, 0.1) is 0 Å². The lowest BCUT2D eigenvalue weighted by molar-refractivity contribution is -0.145. The number of carbonyl (C=O) groups excluding carboxylic acids is 4. The third-order valence-corrected chi connectivity index (χ3v) is 5.60. The number of ether oxygens (including phenoxy) is 4. The van der Waals surface area contributed by atoms with Crippen molar-refractivity contribution in [2.24, 2.45) is 0 Å². The van der Waals surface area contributed by atoms with Crippen molar-refractivity contribution < 1.29 is 38.1 Å². The number of methoxy groups -OCH3 is 2. The third-order valence-electron chi connectivity index (χ3n) is 4.69. The fourth-order valence-corrected chi connectivity index (χ4v) is 3.94. The number of hydrogen-bond donors (Lipinski definition) is 1. The number of thioether (sulfide) groups is 1. The van der Waals surface area contributed by atoms with E-state index in [-0.39, 0.29) is 23.9 Å². The summed E-state index contributed by atoms with van der Waals surface area (Å²) in [4.78, 5) is 50.3. The van der Waals surface area contributed by atoms with Gasteiger partial charge in [0.25, 0.3) is 11.1 Å². The zero-order chi connectivity index (χ0) is 25.4. The first-order chi connectivity index (χ1) is 16.9. The monoisotopic (exact) mass is 500 g/mol. The molecule has 3 amide bonds. The summed E-state index contributed by atoms with van der Waals surface area (Å²) in [5.74, 6) is -0.572. The number of esters is 1. The normalized spacial score (nSPS) is 14.1. The van der Waals surface area contributed by atoms with Crippen molar-refractivity contribution in [2.75, 3.05) is 39.3 Å². The van der Waals surface area contributed by atoms with E-state index in [9.17, 15) is 19.2 Å². The second-order valence-corrected chi connectivity index (χ2v) is 8.01. The Morgan fingerprint density at radius 2 is 1.77 bits per heavy atom. The molecule has 0 aliphatic carbocycles. The molecule has 1 aliphatic heterocycles. The number of anilines is 1. The molecule has 1 N–H and O–H groups in total. The fraction of sp³-hybridized carbons (Fsp3) is 0.250. The molecule has 11 heteroatoms. The van der Waals surface area contributed by atoms with E-state index in [1.165, 1.54) is 20.3 Å². The molecule has 2 aromatic carbocycles. The van der Waals surface area contributed by atoms with E-state index in [4.69, 9.17) is 18.9 Å². The van der Waals surface area contributed by atoms with Gasteiger partial charge in [-0.2, -0.15) is 0 Å². The molecule has 1 heterocycles. The molecule has 0 aromatic heterocycles. The number of hydrogen-bond acceptors (Lipinski definition) is 9. The summed E-state index contributed by atoms with van der Waals surface area (Å²) >= 11 is 0.721. The van der Waals surface area contributed by atoms with Gasteiger partial charge in [0.05, 0.1) is 31.4 Å². The zero-order valence-corrected chi connectivity index (χ0v) is 20.2. The van der Waals surface area contributed by atoms with Gasteiger partial charge in [-0.15, -0.1) is 0 Å². The summed E-state index contributed by atoms with van der Waals surface area (Å²) in [6.07, 6.45) is 1.50. The minimum Gasteiger partial charge on any atom is -0.495 e. The Hall–Kier alpha value is -3.99. The molecule has 0 radical (unpaired) electrons. The first-order valence-corrected chi connectivity index (χ1v) is 11.3. The van der Waals surface area contributed by atoms with Gasteiger partial charge in [-0.05, 0) is 54.6 Å². The van der Waals surface area contributed by atoms with E-state index in [0.717, 1.165) is 16.7 Å². The largest absolute Gasteiger partial charge is 0.495 e. The molecule has 35 heavy (non-hydrogen) atoms. The van der Waals surface area contributed by atoms with Gasteiger partial charge < -0.3 is 24.3 Å². The third kappa shape index (κ3) is 6.54. The average Bonchev–Trinajstić information content (AvgIpc) is 3.10. The summed E-state index contributed by atoms with van der Waals surface area (Å²) in [6.45, 7) is 1.16. The Kier molecular flexibility index (Phi) is 8.74. The number of rotatable bonds is 10. The molecule has 1 aliphatic rings. The number of nitrogens with one attached hydrogen (secondary N) is 1. The van der Waals surface area contributed by atoms with Gasteiger partial charge in [0.2, 0.25) is 5.91 Å². The van der Waals surface area contributed by atoms with Crippen LogP contribution in [-0.2, 0) is 19.1 Å². The van der Waals surface area contributed by atoms with Crippen LogP contribution in [0.3, 0.4) is 0 Å². The average molecular weight is 501 g/mol. The van der Waals surface area contributed by atoms with Gasteiger partial charge >= 0.3 is 5.97 Å². The molecule has 0 atom stereocenters. The van der Waals surface area contributed by atoms with Gasteiger partial charge in [0.15, 0.2) is 18.1 Å². The van der Waals surface area contributed by atoms with Crippen LogP contribution in [0.2, 0.25) is 0 Å². The summed E-state index contributed by atoms with van der Waals surface area (Å²) < 4.78 is 20.8. The van der Waals surface area contributed by atoms with Crippen LogP contribution in [0.25, 0.3) is 6.08 Å². The second kappa shape index (κ2) is 11.9. The fourth-order valence-electron chi connectivity index (χ4n) is 3.10. The van der Waals surface area contributed by atoms with Crippen molar-refractivity contribution in [2.45, 2.75) is 6.92 Å². The highest BCUT2D eigenvalue weighted by Gasteiger charge is 2.36. The first kappa shape index (κ1) is 25.6. The van der Waals surface area contributed by atoms with Gasteiger partial charge in [-0.25, -0.2) is 4.79 Å². The van der Waals surface area contributed by atoms with E-state index in [1.54, 1.807) is 49.4 Å². The van der Waals surface area contributed by atoms with Crippen molar-refractivity contribution >= 4 is 46.5 Å². The number of carbonyl (C=O) groups is 4.